The molecule has 1 aromatic rings. The van der Waals surface area contributed by atoms with Crippen LogP contribution in [0.1, 0.15) is 57.3 Å². The minimum atomic E-state index is -1.20. The number of carbonyl (C=O) groups excluding carboxylic acids is 1. The van der Waals surface area contributed by atoms with E-state index in [1.807, 2.05) is 12.3 Å². The standard InChI is InChI=1S/C15H24N2O2S2/c1-10(12-17-11(9-21-12)14(2,3)4)16-13(18)15(19)5-7-20-8-6-15/h9-10,19H,5-8H2,1-4H3,(H,16,18). The normalized spacial score (nSPS) is 20.0. The molecular weight excluding hydrogens is 304 g/mol. The topological polar surface area (TPSA) is 62.2 Å². The summed E-state index contributed by atoms with van der Waals surface area (Å²) in [7, 11) is 0. The zero-order chi connectivity index (χ0) is 15.7. The minimum absolute atomic E-state index is 0.0112. The van der Waals surface area contributed by atoms with Gasteiger partial charge in [0.2, 0.25) is 0 Å². The van der Waals surface area contributed by atoms with E-state index < -0.39 is 5.60 Å². The number of rotatable bonds is 3. The Morgan fingerprint density at radius 1 is 1.43 bits per heavy atom. The summed E-state index contributed by atoms with van der Waals surface area (Å²) >= 11 is 3.35. The number of amides is 1. The summed E-state index contributed by atoms with van der Waals surface area (Å²) < 4.78 is 0. The van der Waals surface area contributed by atoms with Gasteiger partial charge in [-0.15, -0.1) is 11.3 Å². The summed E-state index contributed by atoms with van der Waals surface area (Å²) in [5, 5.41) is 16.3. The number of aromatic nitrogens is 1. The van der Waals surface area contributed by atoms with E-state index in [2.05, 4.69) is 31.1 Å². The fraction of sp³-hybridized carbons (Fsp3) is 0.733. The Hall–Kier alpha value is -0.590. The van der Waals surface area contributed by atoms with Crippen LogP contribution in [0.3, 0.4) is 0 Å². The number of thioether (sulfide) groups is 1. The average Bonchev–Trinajstić information content (AvgIpc) is 2.89. The molecule has 21 heavy (non-hydrogen) atoms. The summed E-state index contributed by atoms with van der Waals surface area (Å²) in [5.41, 5.74) is -0.155. The van der Waals surface area contributed by atoms with Crippen molar-refractivity contribution in [1.82, 2.24) is 10.3 Å². The van der Waals surface area contributed by atoms with Gasteiger partial charge in [0.25, 0.3) is 5.91 Å². The van der Waals surface area contributed by atoms with Gasteiger partial charge in [-0.05, 0) is 31.3 Å². The predicted molar refractivity (Wildman–Crippen MR) is 88.9 cm³/mol. The summed E-state index contributed by atoms with van der Waals surface area (Å²) in [4.78, 5) is 16.9. The molecule has 0 radical (unpaired) electrons. The lowest BCUT2D eigenvalue weighted by Crippen LogP contribution is -2.49. The van der Waals surface area contributed by atoms with Gasteiger partial charge in [0, 0.05) is 10.8 Å². The highest BCUT2D eigenvalue weighted by molar-refractivity contribution is 7.99. The maximum atomic E-state index is 12.3. The molecule has 2 N–H and O–H groups in total. The van der Waals surface area contributed by atoms with Crippen LogP contribution in [0.2, 0.25) is 0 Å². The van der Waals surface area contributed by atoms with Crippen molar-refractivity contribution in [1.29, 1.82) is 0 Å². The maximum absolute atomic E-state index is 12.3. The van der Waals surface area contributed by atoms with Crippen LogP contribution >= 0.6 is 23.1 Å². The lowest BCUT2D eigenvalue weighted by atomic mass is 9.93. The lowest BCUT2D eigenvalue weighted by molar-refractivity contribution is -0.141. The van der Waals surface area contributed by atoms with Crippen LogP contribution < -0.4 is 5.32 Å². The number of nitrogens with zero attached hydrogens (tertiary/aromatic N) is 1. The highest BCUT2D eigenvalue weighted by Gasteiger charge is 2.38. The maximum Gasteiger partial charge on any atom is 0.252 e. The molecule has 1 atom stereocenters. The number of thiazole rings is 1. The molecule has 6 heteroatoms. The minimum Gasteiger partial charge on any atom is -0.380 e. The first-order chi connectivity index (χ1) is 9.72. The molecule has 1 amide bonds. The first kappa shape index (κ1) is 16.8. The molecule has 2 rings (SSSR count). The number of aliphatic hydroxyl groups is 1. The Morgan fingerprint density at radius 2 is 2.05 bits per heavy atom. The van der Waals surface area contributed by atoms with Gasteiger partial charge in [-0.1, -0.05) is 20.8 Å². The molecule has 1 aliphatic rings. The third-order valence-corrected chi connectivity index (χ3v) is 5.76. The third-order valence-electron chi connectivity index (χ3n) is 3.75. The molecule has 4 nitrogen and oxygen atoms in total. The molecule has 0 spiro atoms. The van der Waals surface area contributed by atoms with Gasteiger partial charge >= 0.3 is 0 Å². The smallest absolute Gasteiger partial charge is 0.252 e. The van der Waals surface area contributed by atoms with Crippen molar-refractivity contribution < 1.29 is 9.90 Å². The highest BCUT2D eigenvalue weighted by Crippen LogP contribution is 2.29. The van der Waals surface area contributed by atoms with Crippen molar-refractivity contribution >= 4 is 29.0 Å². The Balaban J connectivity index is 2.02. The van der Waals surface area contributed by atoms with Gasteiger partial charge in [-0.25, -0.2) is 4.98 Å². The number of hydrogen-bond acceptors (Lipinski definition) is 5. The molecule has 1 unspecified atom stereocenters. The molecule has 1 fully saturated rings. The third kappa shape index (κ3) is 3.99. The van der Waals surface area contributed by atoms with Crippen molar-refractivity contribution in [2.75, 3.05) is 11.5 Å². The molecule has 0 saturated carbocycles. The number of carbonyl (C=O) groups is 1. The summed E-state index contributed by atoms with van der Waals surface area (Å²) in [6.07, 6.45) is 1.06. The Kier molecular flexibility index (Phi) is 5.00. The molecule has 0 aromatic carbocycles. The van der Waals surface area contributed by atoms with Crippen molar-refractivity contribution in [3.8, 4) is 0 Å². The Bertz CT molecular complexity index is 502. The summed E-state index contributed by atoms with van der Waals surface area (Å²) in [6.45, 7) is 8.29. The van der Waals surface area contributed by atoms with Crippen LogP contribution in [0.4, 0.5) is 0 Å². The predicted octanol–water partition coefficient (Wildman–Crippen LogP) is 2.88. The van der Waals surface area contributed by atoms with E-state index in [0.29, 0.717) is 12.8 Å². The van der Waals surface area contributed by atoms with E-state index in [0.717, 1.165) is 22.2 Å². The van der Waals surface area contributed by atoms with Gasteiger partial charge < -0.3 is 10.4 Å². The lowest BCUT2D eigenvalue weighted by Gasteiger charge is -2.31. The molecule has 1 aliphatic heterocycles. The molecule has 118 valence electrons. The molecule has 0 aliphatic carbocycles. The zero-order valence-corrected chi connectivity index (χ0v) is 14.7. The first-order valence-corrected chi connectivity index (χ1v) is 9.33. The van der Waals surface area contributed by atoms with Crippen molar-refractivity contribution in [2.45, 2.75) is 57.6 Å². The van der Waals surface area contributed by atoms with Crippen LogP contribution in [0.5, 0.6) is 0 Å². The number of nitrogens with one attached hydrogen (secondary N) is 1. The average molecular weight is 329 g/mol. The molecular formula is C15H24N2O2S2. The van der Waals surface area contributed by atoms with E-state index in [1.165, 1.54) is 0 Å². The van der Waals surface area contributed by atoms with Crippen molar-refractivity contribution in [3.05, 3.63) is 16.1 Å². The highest BCUT2D eigenvalue weighted by atomic mass is 32.2. The van der Waals surface area contributed by atoms with E-state index in [4.69, 9.17) is 0 Å². The second-order valence-electron chi connectivity index (χ2n) is 6.66. The molecule has 1 aromatic heterocycles. The van der Waals surface area contributed by atoms with E-state index >= 15 is 0 Å². The van der Waals surface area contributed by atoms with Gasteiger partial charge in [-0.2, -0.15) is 11.8 Å². The second kappa shape index (κ2) is 6.26. The van der Waals surface area contributed by atoms with Crippen LogP contribution in [-0.2, 0) is 10.2 Å². The first-order valence-electron chi connectivity index (χ1n) is 7.29. The fourth-order valence-electron chi connectivity index (χ4n) is 2.16. The van der Waals surface area contributed by atoms with Gasteiger partial charge in [0.05, 0.1) is 11.7 Å². The van der Waals surface area contributed by atoms with Gasteiger partial charge in [0.1, 0.15) is 10.6 Å². The quantitative estimate of drug-likeness (QED) is 0.895. The van der Waals surface area contributed by atoms with E-state index in [9.17, 15) is 9.90 Å². The second-order valence-corrected chi connectivity index (χ2v) is 8.77. The van der Waals surface area contributed by atoms with Crippen molar-refractivity contribution in [2.24, 2.45) is 0 Å². The number of hydrogen-bond donors (Lipinski definition) is 2. The Morgan fingerprint density at radius 3 is 2.57 bits per heavy atom. The van der Waals surface area contributed by atoms with E-state index in [1.54, 1.807) is 23.1 Å². The van der Waals surface area contributed by atoms with E-state index in [-0.39, 0.29) is 17.4 Å². The summed E-state index contributed by atoms with van der Waals surface area (Å²) in [6, 6.07) is -0.169. The van der Waals surface area contributed by atoms with Gasteiger partial charge in [0.15, 0.2) is 0 Å². The fourth-order valence-corrected chi connectivity index (χ4v) is 4.38. The van der Waals surface area contributed by atoms with Crippen LogP contribution in [0.25, 0.3) is 0 Å². The summed E-state index contributed by atoms with van der Waals surface area (Å²) in [5.74, 6) is 1.41. The van der Waals surface area contributed by atoms with Crippen molar-refractivity contribution in [3.63, 3.8) is 0 Å². The Labute approximate surface area is 134 Å². The largest absolute Gasteiger partial charge is 0.380 e. The van der Waals surface area contributed by atoms with Gasteiger partial charge in [-0.3, -0.25) is 4.79 Å². The molecule has 2 heterocycles. The monoisotopic (exact) mass is 328 g/mol. The van der Waals surface area contributed by atoms with Crippen LogP contribution in [0, 0.1) is 0 Å². The SMILES string of the molecule is CC(NC(=O)C1(O)CCSCC1)c1nc(C(C)(C)C)cs1. The zero-order valence-electron chi connectivity index (χ0n) is 13.1. The van der Waals surface area contributed by atoms with Crippen LogP contribution in [-0.4, -0.2) is 33.1 Å². The van der Waals surface area contributed by atoms with Crippen LogP contribution in [0.15, 0.2) is 5.38 Å². The molecule has 1 saturated heterocycles. The molecule has 0 bridgehead atoms.